The Balaban J connectivity index is 1.60. The summed E-state index contributed by atoms with van der Waals surface area (Å²) < 4.78 is 16.8. The zero-order valence-corrected chi connectivity index (χ0v) is 27.7. The summed E-state index contributed by atoms with van der Waals surface area (Å²) >= 11 is 8.18. The third kappa shape index (κ3) is 5.68. The van der Waals surface area contributed by atoms with E-state index < -0.39 is 41.7 Å². The number of nitrogens with zero attached hydrogens (tertiary/aromatic N) is 2. The maximum atomic E-state index is 14.1. The Kier molecular flexibility index (Phi) is 9.24. The summed E-state index contributed by atoms with van der Waals surface area (Å²) in [6.07, 6.45) is 0. The van der Waals surface area contributed by atoms with Gasteiger partial charge in [0, 0.05) is 11.1 Å². The number of carbonyl (C=O) groups excluding carboxylic acids is 5. The minimum absolute atomic E-state index is 0.0926. The van der Waals surface area contributed by atoms with Gasteiger partial charge in [-0.05, 0) is 65.0 Å². The van der Waals surface area contributed by atoms with Crippen LogP contribution >= 0.6 is 35.7 Å². The van der Waals surface area contributed by atoms with Crippen molar-refractivity contribution in [2.24, 2.45) is 0 Å². The number of hydrogen-bond donors (Lipinski definition) is 0. The summed E-state index contributed by atoms with van der Waals surface area (Å²) in [5, 5.41) is 0. The van der Waals surface area contributed by atoms with Gasteiger partial charge in [0.05, 0.1) is 51.3 Å². The topological polar surface area (TPSA) is 120 Å². The fraction of sp³-hybridized carbons (Fsp3) is 0.312. The highest BCUT2D eigenvalue weighted by Crippen LogP contribution is 2.56. The highest BCUT2D eigenvalue weighted by atomic mass is 32.2. The molecule has 3 aliphatic heterocycles. The van der Waals surface area contributed by atoms with Gasteiger partial charge in [0.15, 0.2) is 0 Å². The third-order valence-corrected chi connectivity index (χ3v) is 10.5. The van der Waals surface area contributed by atoms with Crippen LogP contribution in [0.25, 0.3) is 5.57 Å². The molecule has 0 radical (unpaired) electrons. The monoisotopic (exact) mass is 666 g/mol. The molecule has 0 aromatic heterocycles. The highest BCUT2D eigenvalue weighted by molar-refractivity contribution is 8.29. The molecule has 0 atom stereocenters. The van der Waals surface area contributed by atoms with Crippen molar-refractivity contribution in [3.63, 3.8) is 0 Å². The van der Waals surface area contributed by atoms with Crippen LogP contribution in [0.5, 0.6) is 5.75 Å². The molecule has 0 fully saturated rings. The lowest BCUT2D eigenvalue weighted by Crippen LogP contribution is -2.58. The van der Waals surface area contributed by atoms with Crippen LogP contribution in [0.3, 0.4) is 0 Å². The first-order valence-electron chi connectivity index (χ1n) is 14.2. The van der Waals surface area contributed by atoms with E-state index in [1.807, 2.05) is 6.92 Å². The van der Waals surface area contributed by atoms with E-state index in [-0.39, 0.29) is 34.2 Å². The lowest BCUT2D eigenvalue weighted by atomic mass is 9.83. The number of ether oxygens (including phenoxy) is 3. The van der Waals surface area contributed by atoms with Crippen LogP contribution in [0.4, 0.5) is 5.69 Å². The van der Waals surface area contributed by atoms with Gasteiger partial charge in [-0.15, -0.1) is 0 Å². The molecule has 5 rings (SSSR count). The van der Waals surface area contributed by atoms with E-state index in [0.717, 1.165) is 28.4 Å². The van der Waals surface area contributed by atoms with E-state index in [4.69, 9.17) is 26.4 Å². The number of benzene rings is 2. The molecule has 0 saturated heterocycles. The van der Waals surface area contributed by atoms with E-state index in [9.17, 15) is 24.0 Å². The standard InChI is InChI=1S/C32H30N2O8S3/c1-6-40-17-13-14-21-20(15-17)23(31-44-24(29(38)41-7-2)25(45-31)30(39)42-8-3)26(43)32(4,5)34(21)22(35)16-33-27(36)18-11-9-10-12-19(18)28(33)37/h9-15H,6-8,16H2,1-5H3. The van der Waals surface area contributed by atoms with Crippen LogP contribution in [0.2, 0.25) is 0 Å². The van der Waals surface area contributed by atoms with Crippen molar-refractivity contribution < 1.29 is 38.2 Å². The van der Waals surface area contributed by atoms with Crippen LogP contribution in [0, 0.1) is 0 Å². The lowest BCUT2D eigenvalue weighted by Gasteiger charge is -2.45. The summed E-state index contributed by atoms with van der Waals surface area (Å²) in [7, 11) is 0. The fourth-order valence-corrected chi connectivity index (χ4v) is 8.28. The van der Waals surface area contributed by atoms with Gasteiger partial charge < -0.3 is 14.2 Å². The minimum atomic E-state index is -1.13. The van der Waals surface area contributed by atoms with E-state index in [0.29, 0.717) is 38.3 Å². The Bertz CT molecular complexity index is 1660. The largest absolute Gasteiger partial charge is 0.494 e. The number of thioether (sulfide) groups is 2. The smallest absolute Gasteiger partial charge is 0.346 e. The first-order valence-corrected chi connectivity index (χ1v) is 16.3. The van der Waals surface area contributed by atoms with E-state index in [1.54, 1.807) is 70.2 Å². The number of anilines is 1. The molecule has 0 bridgehead atoms. The summed E-state index contributed by atoms with van der Waals surface area (Å²) in [6.45, 7) is 8.85. The molecular formula is C32H30N2O8S3. The van der Waals surface area contributed by atoms with Gasteiger partial charge >= 0.3 is 11.9 Å². The Morgan fingerprint density at radius 2 is 1.38 bits per heavy atom. The molecule has 45 heavy (non-hydrogen) atoms. The average Bonchev–Trinajstić information content (AvgIpc) is 3.54. The van der Waals surface area contributed by atoms with Crippen molar-refractivity contribution >= 4 is 81.5 Å². The minimum Gasteiger partial charge on any atom is -0.494 e. The van der Waals surface area contributed by atoms with Gasteiger partial charge in [-0.1, -0.05) is 47.9 Å². The Labute approximate surface area is 274 Å². The van der Waals surface area contributed by atoms with Crippen LogP contribution < -0.4 is 9.64 Å². The Hall–Kier alpha value is -3.94. The number of thiocarbonyl (C=S) groups is 1. The molecule has 0 unspecified atom stereocenters. The first kappa shape index (κ1) is 32.5. The number of carbonyl (C=O) groups is 5. The predicted octanol–water partition coefficient (Wildman–Crippen LogP) is 5.36. The number of amides is 3. The van der Waals surface area contributed by atoms with E-state index >= 15 is 0 Å². The molecular weight excluding hydrogens is 637 g/mol. The molecule has 13 heteroatoms. The number of fused-ring (bicyclic) bond motifs is 2. The summed E-state index contributed by atoms with van der Waals surface area (Å²) in [5.74, 6) is -2.40. The van der Waals surface area contributed by atoms with Gasteiger partial charge in [-0.3, -0.25) is 24.2 Å². The number of esters is 2. The predicted molar refractivity (Wildman–Crippen MR) is 176 cm³/mol. The van der Waals surface area contributed by atoms with Crippen molar-refractivity contribution in [1.82, 2.24) is 4.90 Å². The van der Waals surface area contributed by atoms with Gasteiger partial charge in [0.2, 0.25) is 5.91 Å². The van der Waals surface area contributed by atoms with Gasteiger partial charge in [-0.2, -0.15) is 0 Å². The second-order valence-electron chi connectivity index (χ2n) is 10.4. The zero-order chi connectivity index (χ0) is 32.6. The number of hydrogen-bond acceptors (Lipinski definition) is 11. The van der Waals surface area contributed by atoms with E-state index in [2.05, 4.69) is 0 Å². The molecule has 0 aliphatic carbocycles. The summed E-state index contributed by atoms with van der Waals surface area (Å²) in [6, 6.07) is 11.6. The number of rotatable bonds is 8. The van der Waals surface area contributed by atoms with Gasteiger partial charge in [0.25, 0.3) is 11.8 Å². The Morgan fingerprint density at radius 1 is 0.822 bits per heavy atom. The molecule has 0 N–H and O–H groups in total. The third-order valence-electron chi connectivity index (χ3n) is 7.27. The summed E-state index contributed by atoms with van der Waals surface area (Å²) in [4.78, 5) is 69.1. The van der Waals surface area contributed by atoms with Crippen LogP contribution in [0.15, 0.2) is 56.5 Å². The van der Waals surface area contributed by atoms with Crippen LogP contribution in [-0.2, 0) is 23.9 Å². The highest BCUT2D eigenvalue weighted by Gasteiger charge is 2.48. The van der Waals surface area contributed by atoms with Gasteiger partial charge in [0.1, 0.15) is 22.1 Å². The van der Waals surface area contributed by atoms with E-state index in [1.165, 1.54) is 4.90 Å². The quantitative estimate of drug-likeness (QED) is 0.157. The molecule has 3 aliphatic rings. The molecule has 10 nitrogen and oxygen atoms in total. The van der Waals surface area contributed by atoms with Crippen LogP contribution in [0.1, 0.15) is 60.9 Å². The van der Waals surface area contributed by atoms with Crippen molar-refractivity contribution in [2.45, 2.75) is 40.2 Å². The first-order chi connectivity index (χ1) is 21.5. The maximum absolute atomic E-state index is 14.1. The fourth-order valence-electron chi connectivity index (χ4n) is 5.30. The average molecular weight is 667 g/mol. The maximum Gasteiger partial charge on any atom is 0.346 e. The van der Waals surface area contributed by atoms with Crippen LogP contribution in [-0.4, -0.2) is 71.3 Å². The normalized spacial score (nSPS) is 17.0. The molecule has 0 spiro atoms. The second-order valence-corrected chi connectivity index (χ2v) is 13.1. The Morgan fingerprint density at radius 3 is 1.89 bits per heavy atom. The molecule has 234 valence electrons. The van der Waals surface area contributed by atoms with Gasteiger partial charge in [-0.25, -0.2) is 9.59 Å². The second kappa shape index (κ2) is 12.8. The molecule has 2 aromatic rings. The zero-order valence-electron chi connectivity index (χ0n) is 25.3. The molecule has 3 heterocycles. The number of imide groups is 1. The molecule has 3 amide bonds. The van der Waals surface area contributed by atoms with Crippen molar-refractivity contribution in [3.05, 3.63) is 73.2 Å². The van der Waals surface area contributed by atoms with Crippen molar-refractivity contribution in [2.75, 3.05) is 31.3 Å². The SMILES string of the molecule is CCOC(=O)C1=C(C(=O)OCC)SC(=C2C(=S)C(C)(C)N(C(=O)CN3C(=O)c4ccccc4C3=O)c3ccc(OCC)cc32)S1. The lowest BCUT2D eigenvalue weighted by molar-refractivity contribution is -0.140. The van der Waals surface area contributed by atoms with Crippen molar-refractivity contribution in [1.29, 1.82) is 0 Å². The van der Waals surface area contributed by atoms with Crippen molar-refractivity contribution in [3.8, 4) is 5.75 Å². The molecule has 2 aromatic carbocycles. The summed E-state index contributed by atoms with van der Waals surface area (Å²) in [5.41, 5.74) is 0.900. The molecule has 0 saturated carbocycles.